The highest BCUT2D eigenvalue weighted by molar-refractivity contribution is 7.13. The van der Waals surface area contributed by atoms with Crippen molar-refractivity contribution in [3.8, 4) is 10.8 Å². The fraction of sp³-hybridized carbons (Fsp3) is 0.611. The second-order valence-corrected chi connectivity index (χ2v) is 8.15. The average molecular weight is 362 g/mol. The van der Waals surface area contributed by atoms with Gasteiger partial charge in [0.25, 0.3) is 0 Å². The molecule has 0 bridgehead atoms. The fourth-order valence-electron chi connectivity index (χ4n) is 3.18. The van der Waals surface area contributed by atoms with Gasteiger partial charge in [-0.05, 0) is 33.8 Å². The van der Waals surface area contributed by atoms with E-state index >= 15 is 0 Å². The number of hydrogen-bond acceptors (Lipinski definition) is 7. The molecule has 0 spiro atoms. The predicted molar refractivity (Wildman–Crippen MR) is 101 cm³/mol. The molecule has 1 saturated heterocycles. The predicted octanol–water partition coefficient (Wildman–Crippen LogP) is 2.58. The minimum Gasteiger partial charge on any atom is -0.373 e. The van der Waals surface area contributed by atoms with Crippen LogP contribution in [-0.4, -0.2) is 57.2 Å². The van der Waals surface area contributed by atoms with Crippen molar-refractivity contribution < 1.29 is 4.74 Å². The van der Waals surface area contributed by atoms with Crippen molar-refractivity contribution in [1.82, 2.24) is 25.2 Å². The largest absolute Gasteiger partial charge is 0.373 e. The monoisotopic (exact) mass is 361 g/mol. The Labute approximate surface area is 153 Å². The number of hydrogen-bond donors (Lipinski definition) is 1. The number of rotatable bonds is 6. The number of thiazole rings is 1. The van der Waals surface area contributed by atoms with Crippen molar-refractivity contribution in [3.63, 3.8) is 0 Å². The Hall–Kier alpha value is -1.41. The summed E-state index contributed by atoms with van der Waals surface area (Å²) in [5.74, 6) is 0.690. The Morgan fingerprint density at radius 1 is 1.24 bits per heavy atom. The first-order chi connectivity index (χ1) is 11.9. The maximum Gasteiger partial charge on any atom is 0.188 e. The minimum atomic E-state index is 0.0771. The van der Waals surface area contributed by atoms with E-state index in [-0.39, 0.29) is 17.7 Å². The minimum absolute atomic E-state index is 0.0771. The van der Waals surface area contributed by atoms with E-state index in [0.717, 1.165) is 36.9 Å². The molecule has 1 N–H and O–H groups in total. The fourth-order valence-corrected chi connectivity index (χ4v) is 3.95. The molecule has 0 aliphatic carbocycles. The van der Waals surface area contributed by atoms with Crippen LogP contribution in [0.15, 0.2) is 23.8 Å². The highest BCUT2D eigenvalue weighted by Gasteiger charge is 2.32. The summed E-state index contributed by atoms with van der Waals surface area (Å²) < 4.78 is 5.85. The molecular weight excluding hydrogens is 334 g/mol. The first-order valence-electron chi connectivity index (χ1n) is 8.77. The lowest BCUT2D eigenvalue weighted by atomic mass is 10.00. The molecule has 1 aliphatic rings. The lowest BCUT2D eigenvalue weighted by molar-refractivity contribution is -0.0952. The van der Waals surface area contributed by atoms with E-state index in [1.54, 1.807) is 23.7 Å². The summed E-state index contributed by atoms with van der Waals surface area (Å²) >= 11 is 1.59. The van der Waals surface area contributed by atoms with Gasteiger partial charge in [-0.3, -0.25) is 4.90 Å². The number of nitrogens with zero attached hydrogens (tertiary/aromatic N) is 4. The van der Waals surface area contributed by atoms with E-state index in [2.05, 4.69) is 58.2 Å². The molecule has 2 aromatic heterocycles. The molecule has 136 valence electrons. The highest BCUT2D eigenvalue weighted by atomic mass is 32.1. The van der Waals surface area contributed by atoms with Gasteiger partial charge in [0.1, 0.15) is 0 Å². The lowest BCUT2D eigenvalue weighted by Crippen LogP contribution is -2.58. The third kappa shape index (κ3) is 4.82. The van der Waals surface area contributed by atoms with E-state index in [9.17, 15) is 0 Å². The van der Waals surface area contributed by atoms with Crippen LogP contribution in [0.2, 0.25) is 0 Å². The van der Waals surface area contributed by atoms with E-state index in [1.807, 2.05) is 6.07 Å². The van der Waals surface area contributed by atoms with Gasteiger partial charge in [-0.1, -0.05) is 0 Å². The summed E-state index contributed by atoms with van der Waals surface area (Å²) in [4.78, 5) is 15.7. The van der Waals surface area contributed by atoms with Gasteiger partial charge in [-0.15, -0.1) is 11.3 Å². The van der Waals surface area contributed by atoms with Crippen LogP contribution in [-0.2, 0) is 11.3 Å². The molecule has 3 rings (SSSR count). The third-order valence-corrected chi connectivity index (χ3v) is 5.34. The molecule has 1 aliphatic heterocycles. The van der Waals surface area contributed by atoms with Crippen molar-refractivity contribution in [2.45, 2.75) is 52.0 Å². The molecule has 2 atom stereocenters. The first-order valence-corrected chi connectivity index (χ1v) is 9.65. The number of nitrogens with one attached hydrogen (secondary N) is 1. The maximum atomic E-state index is 5.85. The van der Waals surface area contributed by atoms with Gasteiger partial charge < -0.3 is 10.1 Å². The number of morpholine rings is 1. The molecule has 0 radical (unpaired) electrons. The van der Waals surface area contributed by atoms with Crippen LogP contribution >= 0.6 is 11.3 Å². The van der Waals surface area contributed by atoms with Gasteiger partial charge in [-0.2, -0.15) is 0 Å². The van der Waals surface area contributed by atoms with Gasteiger partial charge in [0.15, 0.2) is 10.8 Å². The van der Waals surface area contributed by atoms with E-state index in [4.69, 9.17) is 4.74 Å². The van der Waals surface area contributed by atoms with Crippen LogP contribution in [0.3, 0.4) is 0 Å². The summed E-state index contributed by atoms with van der Waals surface area (Å²) in [5.41, 5.74) is 1.11. The second-order valence-electron chi connectivity index (χ2n) is 7.29. The normalized spacial score (nSPS) is 22.2. The number of aromatic nitrogens is 3. The van der Waals surface area contributed by atoms with Crippen LogP contribution < -0.4 is 5.32 Å². The van der Waals surface area contributed by atoms with Crippen LogP contribution in [0.25, 0.3) is 10.8 Å². The van der Waals surface area contributed by atoms with Gasteiger partial charge in [-0.25, -0.2) is 15.0 Å². The molecule has 3 heterocycles. The Kier molecular flexibility index (Phi) is 5.78. The van der Waals surface area contributed by atoms with Crippen molar-refractivity contribution in [1.29, 1.82) is 0 Å². The topological polar surface area (TPSA) is 63.2 Å². The van der Waals surface area contributed by atoms with Gasteiger partial charge >= 0.3 is 0 Å². The van der Waals surface area contributed by atoms with Crippen LogP contribution in [0, 0.1) is 0 Å². The van der Waals surface area contributed by atoms with Gasteiger partial charge in [0.2, 0.25) is 0 Å². The maximum absolute atomic E-state index is 5.85. The molecule has 0 aromatic carbocycles. The van der Waals surface area contributed by atoms with E-state index in [1.165, 1.54) is 0 Å². The second kappa shape index (κ2) is 7.86. The molecule has 0 saturated carbocycles. The molecule has 25 heavy (non-hydrogen) atoms. The molecule has 0 amide bonds. The SMILES string of the molecule is C[C@@H]1CN(C(C)(C)CNCc2csc(-c3ncccn3)n2)C[C@@H](C)O1. The van der Waals surface area contributed by atoms with Crippen LogP contribution in [0.5, 0.6) is 0 Å². The van der Waals surface area contributed by atoms with Crippen molar-refractivity contribution in [2.24, 2.45) is 0 Å². The Bertz CT molecular complexity index is 665. The van der Waals surface area contributed by atoms with Crippen molar-refractivity contribution >= 4 is 11.3 Å². The Balaban J connectivity index is 1.53. The zero-order chi connectivity index (χ0) is 17.9. The summed E-state index contributed by atoms with van der Waals surface area (Å²) in [6.07, 6.45) is 4.06. The van der Waals surface area contributed by atoms with Crippen LogP contribution in [0.4, 0.5) is 0 Å². The zero-order valence-corrected chi connectivity index (χ0v) is 16.2. The van der Waals surface area contributed by atoms with Crippen LogP contribution in [0.1, 0.15) is 33.4 Å². The standard InChI is InChI=1S/C18H27N5OS/c1-13-9-23(10-14(2)24-13)18(3,4)12-19-8-15-11-25-17(22-15)16-20-6-5-7-21-16/h5-7,11,13-14,19H,8-10,12H2,1-4H3/t13-,14-/m1/s1. The summed E-state index contributed by atoms with van der Waals surface area (Å²) in [7, 11) is 0. The van der Waals surface area contributed by atoms with Crippen molar-refractivity contribution in [3.05, 3.63) is 29.5 Å². The van der Waals surface area contributed by atoms with E-state index in [0.29, 0.717) is 5.82 Å². The smallest absolute Gasteiger partial charge is 0.188 e. The molecule has 1 fully saturated rings. The molecule has 6 nitrogen and oxygen atoms in total. The van der Waals surface area contributed by atoms with E-state index < -0.39 is 0 Å². The highest BCUT2D eigenvalue weighted by Crippen LogP contribution is 2.22. The zero-order valence-electron chi connectivity index (χ0n) is 15.4. The molecule has 0 unspecified atom stereocenters. The van der Waals surface area contributed by atoms with Gasteiger partial charge in [0, 0.05) is 49.5 Å². The summed E-state index contributed by atoms with van der Waals surface area (Å²) in [6, 6.07) is 1.81. The lowest BCUT2D eigenvalue weighted by Gasteiger charge is -2.45. The summed E-state index contributed by atoms with van der Waals surface area (Å²) in [5, 5.41) is 6.50. The average Bonchev–Trinajstić information content (AvgIpc) is 3.03. The molecule has 7 heteroatoms. The number of ether oxygens (including phenoxy) is 1. The Morgan fingerprint density at radius 2 is 1.92 bits per heavy atom. The van der Waals surface area contributed by atoms with Crippen molar-refractivity contribution in [2.75, 3.05) is 19.6 Å². The Morgan fingerprint density at radius 3 is 2.60 bits per heavy atom. The first kappa shape index (κ1) is 18.4. The summed E-state index contributed by atoms with van der Waals surface area (Å²) in [6.45, 7) is 12.5. The quantitative estimate of drug-likeness (QED) is 0.853. The molecule has 2 aromatic rings. The molecular formula is C18H27N5OS. The van der Waals surface area contributed by atoms with Gasteiger partial charge in [0.05, 0.1) is 17.9 Å². The third-order valence-electron chi connectivity index (χ3n) is 4.45.